The number of carbonyl (C=O) groups is 1. The van der Waals surface area contributed by atoms with Crippen LogP contribution in [0.5, 0.6) is 0 Å². The van der Waals surface area contributed by atoms with E-state index in [-0.39, 0.29) is 14.8 Å². The summed E-state index contributed by atoms with van der Waals surface area (Å²) in [5, 5.41) is 8.52. The summed E-state index contributed by atoms with van der Waals surface area (Å²) in [6.07, 6.45) is -5.49. The largest absolute Gasteiger partial charge is 0.478 e. The highest BCUT2D eigenvalue weighted by molar-refractivity contribution is 7.16. The molecule has 0 saturated heterocycles. The van der Waals surface area contributed by atoms with E-state index in [1.165, 1.54) is 0 Å². The number of thiophene rings is 1. The molecule has 7 heteroatoms. The third kappa shape index (κ3) is 2.88. The molecule has 0 spiro atoms. The fourth-order valence-electron chi connectivity index (χ4n) is 0.848. The van der Waals surface area contributed by atoms with Crippen molar-refractivity contribution in [1.82, 2.24) is 0 Å². The first-order chi connectivity index (χ1) is 6.29. The van der Waals surface area contributed by atoms with Crippen LogP contribution < -0.4 is 0 Å². The molecule has 0 aromatic carbocycles. The van der Waals surface area contributed by atoms with Gasteiger partial charge in [0.1, 0.15) is 4.34 Å². The second-order valence-corrected chi connectivity index (χ2v) is 4.24. The summed E-state index contributed by atoms with van der Waals surface area (Å²) >= 11 is 6.07. The fourth-order valence-corrected chi connectivity index (χ4v) is 2.18. The van der Waals surface area contributed by atoms with E-state index in [4.69, 9.17) is 16.7 Å². The third-order valence-corrected chi connectivity index (χ3v) is 2.70. The molecule has 1 heterocycles. The highest BCUT2D eigenvalue weighted by atomic mass is 35.5. The van der Waals surface area contributed by atoms with Gasteiger partial charge in [0, 0.05) is 4.88 Å². The molecule has 0 aliphatic heterocycles. The monoisotopic (exact) mass is 244 g/mol. The zero-order valence-electron chi connectivity index (χ0n) is 6.56. The van der Waals surface area contributed by atoms with Crippen molar-refractivity contribution in [2.45, 2.75) is 12.6 Å². The topological polar surface area (TPSA) is 37.3 Å². The highest BCUT2D eigenvalue weighted by Crippen LogP contribution is 2.32. The molecule has 0 bridgehead atoms. The summed E-state index contributed by atoms with van der Waals surface area (Å²) in [7, 11) is 0. The molecule has 0 atom stereocenters. The molecule has 0 radical (unpaired) electrons. The molecule has 0 amide bonds. The second kappa shape index (κ2) is 3.78. The van der Waals surface area contributed by atoms with Crippen molar-refractivity contribution in [2.75, 3.05) is 0 Å². The lowest BCUT2D eigenvalue weighted by Gasteiger charge is -2.01. The predicted octanol–water partition coefficient (Wildman–Crippen LogP) is 3.20. The summed E-state index contributed by atoms with van der Waals surface area (Å²) in [4.78, 5) is 10.3. The third-order valence-electron chi connectivity index (χ3n) is 1.34. The molecule has 14 heavy (non-hydrogen) atoms. The minimum Gasteiger partial charge on any atom is -0.478 e. The quantitative estimate of drug-likeness (QED) is 0.867. The Morgan fingerprint density at radius 3 is 2.50 bits per heavy atom. The van der Waals surface area contributed by atoms with Crippen LogP contribution in [0.3, 0.4) is 0 Å². The lowest BCUT2D eigenvalue weighted by Crippen LogP contribution is -2.10. The van der Waals surface area contributed by atoms with Crippen LogP contribution in [0.4, 0.5) is 13.2 Å². The molecule has 1 aromatic rings. The predicted molar refractivity (Wildman–Crippen MR) is 46.0 cm³/mol. The van der Waals surface area contributed by atoms with E-state index >= 15 is 0 Å². The Labute approximate surface area is 85.9 Å². The summed E-state index contributed by atoms with van der Waals surface area (Å²) < 4.78 is 35.6. The highest BCUT2D eigenvalue weighted by Gasteiger charge is 2.29. The zero-order chi connectivity index (χ0) is 10.9. The van der Waals surface area contributed by atoms with E-state index in [2.05, 4.69) is 0 Å². The van der Waals surface area contributed by atoms with E-state index in [0.29, 0.717) is 11.3 Å². The van der Waals surface area contributed by atoms with Gasteiger partial charge in [0.25, 0.3) is 0 Å². The van der Waals surface area contributed by atoms with Gasteiger partial charge < -0.3 is 5.11 Å². The SMILES string of the molecule is O=C(O)c1cc(CC(F)(F)F)sc1Cl. The van der Waals surface area contributed by atoms with Crippen molar-refractivity contribution in [3.05, 3.63) is 20.8 Å². The molecular formula is C7H4ClF3O2S. The summed E-state index contributed by atoms with van der Waals surface area (Å²) in [5.74, 6) is -1.32. The maximum absolute atomic E-state index is 11.9. The Morgan fingerprint density at radius 2 is 2.14 bits per heavy atom. The van der Waals surface area contributed by atoms with Gasteiger partial charge in [-0.25, -0.2) is 4.79 Å². The normalized spacial score (nSPS) is 11.7. The van der Waals surface area contributed by atoms with Crippen LogP contribution in [-0.4, -0.2) is 17.3 Å². The Bertz CT molecular complexity index is 358. The first-order valence-electron chi connectivity index (χ1n) is 3.38. The summed E-state index contributed by atoms with van der Waals surface area (Å²) in [5.41, 5.74) is -0.282. The van der Waals surface area contributed by atoms with Crippen molar-refractivity contribution in [1.29, 1.82) is 0 Å². The number of aromatic carboxylic acids is 1. The lowest BCUT2D eigenvalue weighted by atomic mass is 10.2. The number of hydrogen-bond acceptors (Lipinski definition) is 2. The number of carboxylic acids is 1. The van der Waals surface area contributed by atoms with Gasteiger partial charge in [0.05, 0.1) is 12.0 Å². The van der Waals surface area contributed by atoms with Gasteiger partial charge in [0.15, 0.2) is 0 Å². The first kappa shape index (κ1) is 11.3. The van der Waals surface area contributed by atoms with E-state index in [1.807, 2.05) is 0 Å². The molecule has 0 aliphatic rings. The van der Waals surface area contributed by atoms with E-state index in [0.717, 1.165) is 6.07 Å². The molecular weight excluding hydrogens is 241 g/mol. The molecule has 1 aromatic heterocycles. The van der Waals surface area contributed by atoms with Crippen LogP contribution in [0.25, 0.3) is 0 Å². The number of carboxylic acid groups (broad SMARTS) is 1. The van der Waals surface area contributed by atoms with Crippen LogP contribution in [0.15, 0.2) is 6.07 Å². The minimum absolute atomic E-state index is 0.0973. The lowest BCUT2D eigenvalue weighted by molar-refractivity contribution is -0.126. The van der Waals surface area contributed by atoms with Crippen LogP contribution in [0.1, 0.15) is 15.2 Å². The Balaban J connectivity index is 2.92. The summed E-state index contributed by atoms with van der Waals surface area (Å²) in [6, 6.07) is 0.947. The molecule has 0 aliphatic carbocycles. The number of hydrogen-bond donors (Lipinski definition) is 1. The Kier molecular flexibility index (Phi) is 3.06. The van der Waals surface area contributed by atoms with E-state index in [9.17, 15) is 18.0 Å². The first-order valence-corrected chi connectivity index (χ1v) is 4.57. The number of halogens is 4. The van der Waals surface area contributed by atoms with Crippen LogP contribution in [0, 0.1) is 0 Å². The summed E-state index contributed by atoms with van der Waals surface area (Å²) in [6.45, 7) is 0. The zero-order valence-corrected chi connectivity index (χ0v) is 8.13. The van der Waals surface area contributed by atoms with Crippen molar-refractivity contribution < 1.29 is 23.1 Å². The van der Waals surface area contributed by atoms with Crippen molar-refractivity contribution in [2.24, 2.45) is 0 Å². The van der Waals surface area contributed by atoms with Gasteiger partial charge in [-0.05, 0) is 6.07 Å². The van der Waals surface area contributed by atoms with Crippen molar-refractivity contribution >= 4 is 28.9 Å². The van der Waals surface area contributed by atoms with Gasteiger partial charge in [-0.1, -0.05) is 11.6 Å². The molecule has 2 nitrogen and oxygen atoms in total. The fraction of sp³-hybridized carbons (Fsp3) is 0.286. The van der Waals surface area contributed by atoms with E-state index in [1.54, 1.807) is 0 Å². The van der Waals surface area contributed by atoms with Gasteiger partial charge in [-0.15, -0.1) is 11.3 Å². The molecule has 0 saturated carbocycles. The van der Waals surface area contributed by atoms with Crippen LogP contribution in [-0.2, 0) is 6.42 Å². The van der Waals surface area contributed by atoms with Crippen molar-refractivity contribution in [3.63, 3.8) is 0 Å². The molecule has 1 N–H and O–H groups in total. The number of rotatable bonds is 2. The molecule has 0 unspecified atom stereocenters. The second-order valence-electron chi connectivity index (χ2n) is 2.50. The van der Waals surface area contributed by atoms with Gasteiger partial charge in [-0.2, -0.15) is 13.2 Å². The van der Waals surface area contributed by atoms with Gasteiger partial charge in [-0.3, -0.25) is 0 Å². The van der Waals surface area contributed by atoms with Gasteiger partial charge >= 0.3 is 12.1 Å². The van der Waals surface area contributed by atoms with Crippen LogP contribution >= 0.6 is 22.9 Å². The maximum atomic E-state index is 11.9. The van der Waals surface area contributed by atoms with Crippen LogP contribution in [0.2, 0.25) is 4.34 Å². The molecule has 1 rings (SSSR count). The van der Waals surface area contributed by atoms with Gasteiger partial charge in [0.2, 0.25) is 0 Å². The smallest absolute Gasteiger partial charge is 0.393 e. The Hall–Kier alpha value is -0.750. The van der Waals surface area contributed by atoms with E-state index < -0.39 is 18.6 Å². The molecule has 0 fully saturated rings. The minimum atomic E-state index is -4.34. The standard InChI is InChI=1S/C7H4ClF3O2S/c8-5-4(6(12)13)1-3(14-5)2-7(9,10)11/h1H,2H2,(H,12,13). The number of alkyl halides is 3. The maximum Gasteiger partial charge on any atom is 0.393 e. The average molecular weight is 245 g/mol. The molecule has 78 valence electrons. The van der Waals surface area contributed by atoms with Crippen molar-refractivity contribution in [3.8, 4) is 0 Å². The Morgan fingerprint density at radius 1 is 1.57 bits per heavy atom. The average Bonchev–Trinajstić information content (AvgIpc) is 2.26.